The molecule has 0 aromatic heterocycles. The lowest BCUT2D eigenvalue weighted by molar-refractivity contribution is 0.184. The number of methoxy groups -OCH3 is 2. The molecule has 0 spiro atoms. The van der Waals surface area contributed by atoms with E-state index in [1.54, 1.807) is 14.2 Å². The SMILES string of the molecule is C=Cc1ccc(OCCC)cc1.C=Cc1ccc(OCCCC)cc1.C=Cc1ccc(OCCCCC)cc1.C=Cc1ccc(OCCCCCCC)cc1.C=Cc1ccc(OCCCCOC)cc1.C=Cc1cccc(OCCCCCC)c1.C=Cc1cccc(OCCCCCCOC)c1. The molecule has 0 radical (unpaired) electrons. The van der Waals surface area contributed by atoms with E-state index in [0.29, 0.717) is 0 Å². The number of unbranched alkanes of at least 4 members (excludes halogenated alkanes) is 14. The third-order valence-corrected chi connectivity index (χ3v) is 15.3. The van der Waals surface area contributed by atoms with E-state index in [9.17, 15) is 0 Å². The highest BCUT2D eigenvalue weighted by Crippen LogP contribution is 2.20. The van der Waals surface area contributed by atoms with Crippen LogP contribution < -0.4 is 33.2 Å². The van der Waals surface area contributed by atoms with Crippen molar-refractivity contribution < 1.29 is 42.6 Å². The smallest absolute Gasteiger partial charge is 0.119 e. The average molecular weight is 1390 g/mol. The quantitative estimate of drug-likeness (QED) is 0.0347. The van der Waals surface area contributed by atoms with Crippen LogP contribution in [0.3, 0.4) is 0 Å². The Morgan fingerprint density at radius 3 is 0.696 bits per heavy atom. The predicted molar refractivity (Wildman–Crippen MR) is 443 cm³/mol. The maximum absolute atomic E-state index is 5.68. The van der Waals surface area contributed by atoms with Crippen molar-refractivity contribution >= 4 is 42.5 Å². The fourth-order valence-electron chi connectivity index (χ4n) is 9.10. The highest BCUT2D eigenvalue weighted by Gasteiger charge is 2.01. The highest BCUT2D eigenvalue weighted by atomic mass is 16.5. The van der Waals surface area contributed by atoms with Gasteiger partial charge in [0.1, 0.15) is 40.2 Å². The molecule has 556 valence electrons. The van der Waals surface area contributed by atoms with Crippen LogP contribution in [0, 0.1) is 0 Å². The van der Waals surface area contributed by atoms with Gasteiger partial charge in [0, 0.05) is 27.4 Å². The van der Waals surface area contributed by atoms with Gasteiger partial charge in [-0.3, -0.25) is 0 Å². The Labute approximate surface area is 620 Å². The summed E-state index contributed by atoms with van der Waals surface area (Å²) in [4.78, 5) is 0. The summed E-state index contributed by atoms with van der Waals surface area (Å²) in [6.45, 7) is 44.2. The van der Waals surface area contributed by atoms with Gasteiger partial charge in [-0.05, 0) is 188 Å². The van der Waals surface area contributed by atoms with Gasteiger partial charge in [-0.1, -0.05) is 279 Å². The topological polar surface area (TPSA) is 83.1 Å². The van der Waals surface area contributed by atoms with Crippen molar-refractivity contribution in [3.8, 4) is 40.2 Å². The Balaban J connectivity index is 0.000000596. The summed E-state index contributed by atoms with van der Waals surface area (Å²) in [5, 5.41) is 0. The molecule has 0 heterocycles. The minimum absolute atomic E-state index is 0.747. The van der Waals surface area contributed by atoms with Crippen molar-refractivity contribution in [1.29, 1.82) is 0 Å². The van der Waals surface area contributed by atoms with Crippen molar-refractivity contribution in [2.45, 2.75) is 169 Å². The third-order valence-electron chi connectivity index (χ3n) is 15.3. The molecular formula is C93H130O9. The van der Waals surface area contributed by atoms with Crippen LogP contribution in [-0.2, 0) is 9.47 Å². The normalized spacial score (nSPS) is 9.87. The van der Waals surface area contributed by atoms with E-state index < -0.39 is 0 Å². The minimum atomic E-state index is 0.747. The Morgan fingerprint density at radius 2 is 0.422 bits per heavy atom. The van der Waals surface area contributed by atoms with Crippen molar-refractivity contribution in [1.82, 2.24) is 0 Å². The van der Waals surface area contributed by atoms with Gasteiger partial charge in [-0.15, -0.1) is 0 Å². The van der Waals surface area contributed by atoms with E-state index in [0.717, 1.165) is 196 Å². The first-order valence-corrected chi connectivity index (χ1v) is 37.5. The van der Waals surface area contributed by atoms with Crippen LogP contribution in [0.1, 0.15) is 208 Å². The lowest BCUT2D eigenvalue weighted by Gasteiger charge is -2.06. The summed E-state index contributed by atoms with van der Waals surface area (Å²) >= 11 is 0. The van der Waals surface area contributed by atoms with E-state index in [2.05, 4.69) is 80.7 Å². The van der Waals surface area contributed by atoms with Gasteiger partial charge in [0.05, 0.1) is 46.2 Å². The second-order valence-electron chi connectivity index (χ2n) is 24.0. The molecule has 0 saturated carbocycles. The van der Waals surface area contributed by atoms with Crippen LogP contribution in [0.25, 0.3) is 42.5 Å². The average Bonchev–Trinajstić information content (AvgIpc) is 1.22. The van der Waals surface area contributed by atoms with Crippen molar-refractivity contribution in [3.63, 3.8) is 0 Å². The van der Waals surface area contributed by atoms with E-state index >= 15 is 0 Å². The van der Waals surface area contributed by atoms with Crippen LogP contribution in [0.4, 0.5) is 0 Å². The Morgan fingerprint density at radius 1 is 0.206 bits per heavy atom. The number of ether oxygens (including phenoxy) is 9. The summed E-state index contributed by atoms with van der Waals surface area (Å²) in [6.07, 6.45) is 37.9. The first kappa shape index (κ1) is 91.3. The van der Waals surface area contributed by atoms with Gasteiger partial charge < -0.3 is 42.6 Å². The highest BCUT2D eigenvalue weighted by molar-refractivity contribution is 5.53. The molecule has 0 fully saturated rings. The summed E-state index contributed by atoms with van der Waals surface area (Å²) in [5.74, 6) is 6.58. The number of benzene rings is 7. The van der Waals surface area contributed by atoms with E-state index in [4.69, 9.17) is 42.6 Å². The number of hydrogen-bond donors (Lipinski definition) is 0. The summed E-state index contributed by atoms with van der Waals surface area (Å²) in [5.41, 5.74) is 7.84. The van der Waals surface area contributed by atoms with E-state index in [1.165, 1.54) is 77.0 Å². The van der Waals surface area contributed by atoms with Crippen molar-refractivity contribution in [3.05, 3.63) is 255 Å². The van der Waals surface area contributed by atoms with Crippen molar-refractivity contribution in [2.24, 2.45) is 0 Å². The molecule has 0 unspecified atom stereocenters. The molecule has 0 saturated heterocycles. The maximum Gasteiger partial charge on any atom is 0.119 e. The molecular weight excluding hydrogens is 1260 g/mol. The van der Waals surface area contributed by atoms with Crippen molar-refractivity contribution in [2.75, 3.05) is 73.7 Å². The summed E-state index contributed by atoms with van der Waals surface area (Å²) in [6, 6.07) is 55.9. The summed E-state index contributed by atoms with van der Waals surface area (Å²) < 4.78 is 49.0. The Bertz CT molecular complexity index is 3110. The van der Waals surface area contributed by atoms with Gasteiger partial charge in [0.25, 0.3) is 0 Å². The van der Waals surface area contributed by atoms with Gasteiger partial charge in [-0.2, -0.15) is 0 Å². The van der Waals surface area contributed by atoms with Crippen LogP contribution in [0.15, 0.2) is 216 Å². The summed E-state index contributed by atoms with van der Waals surface area (Å²) in [7, 11) is 3.46. The fraction of sp³-hybridized carbons (Fsp3) is 0.398. The largest absolute Gasteiger partial charge is 0.494 e. The molecule has 9 nitrogen and oxygen atoms in total. The van der Waals surface area contributed by atoms with E-state index in [1.807, 2.05) is 212 Å². The molecule has 7 rings (SSSR count). The molecule has 9 heteroatoms. The lowest BCUT2D eigenvalue weighted by atomic mass is 10.2. The van der Waals surface area contributed by atoms with Crippen LogP contribution in [0.5, 0.6) is 40.2 Å². The molecule has 0 bridgehead atoms. The van der Waals surface area contributed by atoms with Gasteiger partial charge in [0.15, 0.2) is 0 Å². The molecule has 0 aliphatic heterocycles. The zero-order chi connectivity index (χ0) is 74.4. The minimum Gasteiger partial charge on any atom is -0.494 e. The third kappa shape index (κ3) is 50.5. The first-order chi connectivity index (χ1) is 50.0. The standard InChI is InChI=1S/C15H22O2.C15H22O.C14H20O.C13H18O2.C13H18O.C12H16O.C11H14O/c1-3-14-9-8-10-15(13-14)17-12-7-5-4-6-11-16-2;1-3-5-6-7-8-13-16-15-11-9-14(4-2)10-12-15;1-3-5-6-7-11-15-14-10-8-9-13(4-2)12-14;1-3-12-6-8-13(9-7-12)15-11-5-4-10-14-2;1-3-5-6-11-14-13-9-7-12(4-2)8-10-13;1-3-5-10-13-12-8-6-11(4-2)7-9-12;1-3-9-12-11-7-5-10(4-2)6-8-11/h3,8-10,13H,1,4-7,11-12H2,2H3;4,9-12H,2-3,5-8,13H2,1H3;4,8-10,12H,2-3,5-7,11H2,1H3;3,6-9H,1,4-5,10-11H2,2H3;4,7-10H,2-3,5-6,11H2,1H3;4,6-9H,2-3,5,10H2,1H3;4-8H,2-3,9H2,1H3. The molecule has 0 amide bonds. The maximum atomic E-state index is 5.68. The van der Waals surface area contributed by atoms with E-state index in [-0.39, 0.29) is 0 Å². The second-order valence-corrected chi connectivity index (χ2v) is 24.0. The number of rotatable bonds is 46. The predicted octanol–water partition coefficient (Wildman–Crippen LogP) is 26.5. The Hall–Kier alpha value is -8.76. The molecule has 0 atom stereocenters. The van der Waals surface area contributed by atoms with Gasteiger partial charge in [0.2, 0.25) is 0 Å². The second kappa shape index (κ2) is 66.8. The Kier molecular flexibility index (Phi) is 59.7. The van der Waals surface area contributed by atoms with Gasteiger partial charge >= 0.3 is 0 Å². The lowest BCUT2D eigenvalue weighted by Crippen LogP contribution is -1.99. The van der Waals surface area contributed by atoms with Gasteiger partial charge in [-0.25, -0.2) is 0 Å². The fourth-order valence-corrected chi connectivity index (χ4v) is 9.10. The van der Waals surface area contributed by atoms with Crippen LogP contribution in [0.2, 0.25) is 0 Å². The van der Waals surface area contributed by atoms with Crippen LogP contribution in [-0.4, -0.2) is 73.7 Å². The molecule has 102 heavy (non-hydrogen) atoms. The zero-order valence-electron chi connectivity index (χ0n) is 64.0. The molecule has 7 aromatic rings. The molecule has 0 aliphatic carbocycles. The monoisotopic (exact) mass is 1390 g/mol. The first-order valence-electron chi connectivity index (χ1n) is 37.5. The molecule has 0 N–H and O–H groups in total. The molecule has 0 aliphatic rings. The number of hydrogen-bond acceptors (Lipinski definition) is 9. The molecule has 7 aromatic carbocycles. The zero-order valence-corrected chi connectivity index (χ0v) is 64.0. The van der Waals surface area contributed by atoms with Crippen LogP contribution >= 0.6 is 0 Å².